The molecule has 0 aliphatic heterocycles. The number of carbonyl (C=O) groups is 1. The third kappa shape index (κ3) is 5.12. The summed E-state index contributed by atoms with van der Waals surface area (Å²) in [5, 5.41) is 5.61. The lowest BCUT2D eigenvalue weighted by Gasteiger charge is -2.05. The molecule has 1 N–H and O–H groups in total. The molecule has 3 rings (SSSR count). The summed E-state index contributed by atoms with van der Waals surface area (Å²) in [5.74, 6) is 0.630. The Morgan fingerprint density at radius 2 is 2.12 bits per heavy atom. The van der Waals surface area contributed by atoms with Crippen molar-refractivity contribution < 1.29 is 9.53 Å². The number of rotatable bonds is 6. The molecule has 0 saturated heterocycles. The number of anilines is 1. The Balaban J connectivity index is 1.52. The van der Waals surface area contributed by atoms with Crippen molar-refractivity contribution in [3.05, 3.63) is 69.9 Å². The Morgan fingerprint density at radius 3 is 2.88 bits per heavy atom. The monoisotopic (exact) mass is 353 g/mol. The van der Waals surface area contributed by atoms with E-state index in [2.05, 4.69) is 15.3 Å². The molecule has 128 valence electrons. The Hall–Kier alpha value is -2.73. The second-order valence-electron chi connectivity index (χ2n) is 5.75. The molecule has 6 heteroatoms. The molecule has 0 saturated carbocycles. The van der Waals surface area contributed by atoms with Crippen LogP contribution in [0.4, 0.5) is 5.69 Å². The van der Waals surface area contributed by atoms with Gasteiger partial charge in [-0.1, -0.05) is 12.1 Å². The van der Waals surface area contributed by atoms with Gasteiger partial charge in [-0.2, -0.15) is 0 Å². The number of thiazole rings is 1. The lowest BCUT2D eigenvalue weighted by molar-refractivity contribution is -0.115. The predicted octanol–water partition coefficient (Wildman–Crippen LogP) is 3.92. The number of nitrogens with zero attached hydrogens (tertiary/aromatic N) is 2. The van der Waals surface area contributed by atoms with Crippen LogP contribution in [0.1, 0.15) is 22.0 Å². The van der Waals surface area contributed by atoms with Crippen LogP contribution in [0.15, 0.2) is 48.0 Å². The average molecular weight is 353 g/mol. The van der Waals surface area contributed by atoms with Crippen LogP contribution in [0.3, 0.4) is 0 Å². The summed E-state index contributed by atoms with van der Waals surface area (Å²) < 4.78 is 5.66. The molecular weight excluding hydrogens is 334 g/mol. The van der Waals surface area contributed by atoms with E-state index in [4.69, 9.17) is 4.74 Å². The standard InChI is InChI=1S/C19H19N3O2S/c1-13-4-3-5-15(8-13)21-18(23)9-16-12-25-19(22-16)11-24-17-7-6-14(2)20-10-17/h3-8,10,12H,9,11H2,1-2H3,(H,21,23). The van der Waals surface area contributed by atoms with E-state index in [-0.39, 0.29) is 12.3 Å². The number of hydrogen-bond acceptors (Lipinski definition) is 5. The number of carbonyl (C=O) groups excluding carboxylic acids is 1. The summed E-state index contributed by atoms with van der Waals surface area (Å²) in [6.45, 7) is 4.29. The molecule has 25 heavy (non-hydrogen) atoms. The van der Waals surface area contributed by atoms with Crippen molar-refractivity contribution in [1.29, 1.82) is 0 Å². The summed E-state index contributed by atoms with van der Waals surface area (Å²) in [6, 6.07) is 11.5. The third-order valence-corrected chi connectivity index (χ3v) is 4.36. The van der Waals surface area contributed by atoms with Crippen molar-refractivity contribution in [3.63, 3.8) is 0 Å². The zero-order valence-electron chi connectivity index (χ0n) is 14.2. The van der Waals surface area contributed by atoms with Gasteiger partial charge in [0.05, 0.1) is 18.3 Å². The maximum Gasteiger partial charge on any atom is 0.230 e. The average Bonchev–Trinajstić information content (AvgIpc) is 3.01. The first-order valence-electron chi connectivity index (χ1n) is 7.94. The van der Waals surface area contributed by atoms with Crippen molar-refractivity contribution in [2.45, 2.75) is 26.9 Å². The molecule has 0 aliphatic rings. The highest BCUT2D eigenvalue weighted by molar-refractivity contribution is 7.09. The number of ether oxygens (including phenoxy) is 1. The summed E-state index contributed by atoms with van der Waals surface area (Å²) in [5.41, 5.74) is 3.60. The molecule has 0 unspecified atom stereocenters. The van der Waals surface area contributed by atoms with E-state index in [9.17, 15) is 4.79 Å². The van der Waals surface area contributed by atoms with Crippen LogP contribution in [0, 0.1) is 13.8 Å². The normalized spacial score (nSPS) is 10.5. The van der Waals surface area contributed by atoms with Gasteiger partial charge in [0, 0.05) is 16.8 Å². The minimum absolute atomic E-state index is 0.0777. The second-order valence-corrected chi connectivity index (χ2v) is 6.69. The first-order chi connectivity index (χ1) is 12.1. The van der Waals surface area contributed by atoms with Gasteiger partial charge in [-0.05, 0) is 43.7 Å². The zero-order chi connectivity index (χ0) is 17.6. The smallest absolute Gasteiger partial charge is 0.230 e. The number of pyridine rings is 1. The van der Waals surface area contributed by atoms with Crippen molar-refractivity contribution in [1.82, 2.24) is 9.97 Å². The van der Waals surface area contributed by atoms with Crippen LogP contribution in [0.2, 0.25) is 0 Å². The largest absolute Gasteiger partial charge is 0.485 e. The van der Waals surface area contributed by atoms with Gasteiger partial charge in [-0.25, -0.2) is 4.98 Å². The van der Waals surface area contributed by atoms with Crippen molar-refractivity contribution >= 4 is 22.9 Å². The van der Waals surface area contributed by atoms with E-state index in [0.717, 1.165) is 27.6 Å². The lowest BCUT2D eigenvalue weighted by atomic mass is 10.2. The summed E-state index contributed by atoms with van der Waals surface area (Å²) >= 11 is 1.49. The van der Waals surface area contributed by atoms with Gasteiger partial charge >= 0.3 is 0 Å². The molecule has 5 nitrogen and oxygen atoms in total. The van der Waals surface area contributed by atoms with E-state index in [1.54, 1.807) is 6.20 Å². The molecule has 0 atom stereocenters. The fourth-order valence-electron chi connectivity index (χ4n) is 2.27. The van der Waals surface area contributed by atoms with Crippen LogP contribution >= 0.6 is 11.3 Å². The molecule has 0 fully saturated rings. The minimum Gasteiger partial charge on any atom is -0.485 e. The van der Waals surface area contributed by atoms with Gasteiger partial charge in [0.25, 0.3) is 0 Å². The fourth-order valence-corrected chi connectivity index (χ4v) is 2.98. The van der Waals surface area contributed by atoms with E-state index < -0.39 is 0 Å². The highest BCUT2D eigenvalue weighted by Gasteiger charge is 2.09. The van der Waals surface area contributed by atoms with Crippen molar-refractivity contribution in [2.75, 3.05) is 5.32 Å². The first kappa shape index (κ1) is 17.1. The third-order valence-electron chi connectivity index (χ3n) is 3.49. The molecule has 0 aliphatic carbocycles. The van der Waals surface area contributed by atoms with Crippen LogP contribution in [-0.4, -0.2) is 15.9 Å². The van der Waals surface area contributed by atoms with Gasteiger partial charge in [0.2, 0.25) is 5.91 Å². The molecule has 1 amide bonds. The molecule has 2 aromatic heterocycles. The van der Waals surface area contributed by atoms with Gasteiger partial charge < -0.3 is 10.1 Å². The second kappa shape index (κ2) is 7.90. The van der Waals surface area contributed by atoms with Crippen LogP contribution in [0.25, 0.3) is 0 Å². The van der Waals surface area contributed by atoms with Gasteiger partial charge in [-0.3, -0.25) is 9.78 Å². The topological polar surface area (TPSA) is 64.1 Å². The van der Waals surface area contributed by atoms with E-state index >= 15 is 0 Å². The lowest BCUT2D eigenvalue weighted by Crippen LogP contribution is -2.14. The number of aromatic nitrogens is 2. The van der Waals surface area contributed by atoms with Crippen LogP contribution in [0.5, 0.6) is 5.75 Å². The number of benzene rings is 1. The maximum absolute atomic E-state index is 12.1. The van der Waals surface area contributed by atoms with E-state index in [0.29, 0.717) is 12.4 Å². The molecule has 3 aromatic rings. The maximum atomic E-state index is 12.1. The first-order valence-corrected chi connectivity index (χ1v) is 8.82. The molecule has 2 heterocycles. The molecule has 1 aromatic carbocycles. The molecule has 0 radical (unpaired) electrons. The van der Waals surface area contributed by atoms with Gasteiger partial charge in [-0.15, -0.1) is 11.3 Å². The molecule has 0 bridgehead atoms. The Bertz CT molecular complexity index is 859. The SMILES string of the molecule is Cc1cccc(NC(=O)Cc2csc(COc3ccc(C)nc3)n2)c1. The van der Waals surface area contributed by atoms with Crippen LogP contribution in [-0.2, 0) is 17.8 Å². The Kier molecular flexibility index (Phi) is 5.40. The summed E-state index contributed by atoms with van der Waals surface area (Å²) in [6.07, 6.45) is 1.94. The summed E-state index contributed by atoms with van der Waals surface area (Å²) in [4.78, 5) is 20.8. The van der Waals surface area contributed by atoms with E-state index in [1.165, 1.54) is 11.3 Å². The highest BCUT2D eigenvalue weighted by Crippen LogP contribution is 2.16. The minimum atomic E-state index is -0.0777. The molecular formula is C19H19N3O2S. The van der Waals surface area contributed by atoms with Gasteiger partial charge in [0.1, 0.15) is 17.4 Å². The van der Waals surface area contributed by atoms with Crippen LogP contribution < -0.4 is 10.1 Å². The Morgan fingerprint density at radius 1 is 1.24 bits per heavy atom. The van der Waals surface area contributed by atoms with Crippen molar-refractivity contribution in [3.8, 4) is 5.75 Å². The fraction of sp³-hybridized carbons (Fsp3) is 0.211. The number of nitrogens with one attached hydrogen (secondary N) is 1. The predicted molar refractivity (Wildman–Crippen MR) is 98.9 cm³/mol. The van der Waals surface area contributed by atoms with Crippen molar-refractivity contribution in [2.24, 2.45) is 0 Å². The zero-order valence-corrected chi connectivity index (χ0v) is 15.0. The Labute approximate surface area is 150 Å². The molecule has 0 spiro atoms. The summed E-state index contributed by atoms with van der Waals surface area (Å²) in [7, 11) is 0. The van der Waals surface area contributed by atoms with E-state index in [1.807, 2.05) is 55.6 Å². The highest BCUT2D eigenvalue weighted by atomic mass is 32.1. The number of aryl methyl sites for hydroxylation is 2. The van der Waals surface area contributed by atoms with Gasteiger partial charge in [0.15, 0.2) is 0 Å². The number of amides is 1. The number of hydrogen-bond donors (Lipinski definition) is 1. The quantitative estimate of drug-likeness (QED) is 0.730.